The van der Waals surface area contributed by atoms with Crippen LogP contribution in [0.25, 0.3) is 0 Å². The average Bonchev–Trinajstić information content (AvgIpc) is 2.79. The Morgan fingerprint density at radius 2 is 2.21 bits per heavy atom. The monoisotopic (exact) mass is 197 g/mol. The Kier molecular flexibility index (Phi) is 3.42. The molecule has 0 aromatic carbocycles. The van der Waals surface area contributed by atoms with E-state index in [0.29, 0.717) is 0 Å². The fraction of sp³-hybridized carbons (Fsp3) is 1.00. The molecule has 2 rings (SSSR count). The third-order valence-electron chi connectivity index (χ3n) is 3.88. The molecular weight excluding hydrogens is 174 g/mol. The number of likely N-dealkylation sites (tertiary alicyclic amines) is 1. The smallest absolute Gasteiger partial charge is 0.0146 e. The molecule has 2 heterocycles. The molecule has 0 amide bonds. The number of nitrogens with zero attached hydrogens (tertiary/aromatic N) is 1. The highest BCUT2D eigenvalue weighted by molar-refractivity contribution is 4.90. The van der Waals surface area contributed by atoms with Crippen LogP contribution in [0.15, 0.2) is 0 Å². The predicted molar refractivity (Wildman–Crippen MR) is 59.4 cm³/mol. The standard InChI is InChI=1S/C11H23N3/c1-12-11(9-3-5-13-7-9)10-4-6-14(2)8-10/h9-13H,3-8H2,1-2H3. The van der Waals surface area contributed by atoms with Gasteiger partial charge in [-0.2, -0.15) is 0 Å². The molecule has 0 aliphatic carbocycles. The van der Waals surface area contributed by atoms with Gasteiger partial charge < -0.3 is 15.5 Å². The Labute approximate surface area is 87.2 Å². The first kappa shape index (κ1) is 10.4. The van der Waals surface area contributed by atoms with Crippen LogP contribution in [0.5, 0.6) is 0 Å². The summed E-state index contributed by atoms with van der Waals surface area (Å²) in [7, 11) is 4.36. The summed E-state index contributed by atoms with van der Waals surface area (Å²) >= 11 is 0. The number of hydrogen-bond acceptors (Lipinski definition) is 3. The van der Waals surface area contributed by atoms with Gasteiger partial charge in [-0.05, 0) is 58.4 Å². The fourth-order valence-corrected chi connectivity index (χ4v) is 3.10. The zero-order valence-corrected chi connectivity index (χ0v) is 9.42. The van der Waals surface area contributed by atoms with Crippen LogP contribution in [0.4, 0.5) is 0 Å². The van der Waals surface area contributed by atoms with Gasteiger partial charge in [-0.3, -0.25) is 0 Å². The molecule has 0 aromatic heterocycles. The Hall–Kier alpha value is -0.120. The van der Waals surface area contributed by atoms with E-state index in [2.05, 4.69) is 29.6 Å². The second-order valence-corrected chi connectivity index (χ2v) is 4.88. The third kappa shape index (κ3) is 2.10. The number of hydrogen-bond donors (Lipinski definition) is 2. The fourth-order valence-electron chi connectivity index (χ4n) is 3.10. The molecule has 0 spiro atoms. The highest BCUT2D eigenvalue weighted by Crippen LogP contribution is 2.25. The highest BCUT2D eigenvalue weighted by Gasteiger charge is 2.33. The molecule has 3 nitrogen and oxygen atoms in total. The van der Waals surface area contributed by atoms with E-state index in [1.165, 1.54) is 39.0 Å². The van der Waals surface area contributed by atoms with Gasteiger partial charge in [0.15, 0.2) is 0 Å². The molecule has 0 aromatic rings. The quantitative estimate of drug-likeness (QED) is 0.674. The average molecular weight is 197 g/mol. The largest absolute Gasteiger partial charge is 0.316 e. The topological polar surface area (TPSA) is 27.3 Å². The second-order valence-electron chi connectivity index (χ2n) is 4.88. The van der Waals surface area contributed by atoms with Crippen molar-refractivity contribution < 1.29 is 0 Å². The molecule has 0 radical (unpaired) electrons. The van der Waals surface area contributed by atoms with E-state index in [4.69, 9.17) is 0 Å². The van der Waals surface area contributed by atoms with E-state index < -0.39 is 0 Å². The minimum absolute atomic E-state index is 0.731. The molecule has 2 fully saturated rings. The maximum Gasteiger partial charge on any atom is 0.0146 e. The number of nitrogens with one attached hydrogen (secondary N) is 2. The van der Waals surface area contributed by atoms with Crippen molar-refractivity contribution in [1.29, 1.82) is 0 Å². The molecule has 3 atom stereocenters. The van der Waals surface area contributed by atoms with Crippen LogP contribution in [0.2, 0.25) is 0 Å². The molecule has 2 aliphatic heterocycles. The van der Waals surface area contributed by atoms with Crippen molar-refractivity contribution in [3.05, 3.63) is 0 Å². The van der Waals surface area contributed by atoms with Gasteiger partial charge in [-0.1, -0.05) is 0 Å². The lowest BCUT2D eigenvalue weighted by Gasteiger charge is -2.28. The maximum atomic E-state index is 3.54. The van der Waals surface area contributed by atoms with Crippen molar-refractivity contribution >= 4 is 0 Å². The van der Waals surface area contributed by atoms with E-state index in [9.17, 15) is 0 Å². The predicted octanol–water partition coefficient (Wildman–Crippen LogP) is 0.136. The SMILES string of the molecule is CNC(C1CCNC1)C1CCN(C)C1. The molecular formula is C11H23N3. The molecule has 2 N–H and O–H groups in total. The van der Waals surface area contributed by atoms with E-state index in [-0.39, 0.29) is 0 Å². The van der Waals surface area contributed by atoms with E-state index in [1.54, 1.807) is 0 Å². The molecule has 3 unspecified atom stereocenters. The summed E-state index contributed by atoms with van der Waals surface area (Å²) in [6.45, 7) is 4.99. The van der Waals surface area contributed by atoms with Crippen LogP contribution in [-0.2, 0) is 0 Å². The summed E-state index contributed by atoms with van der Waals surface area (Å²) < 4.78 is 0. The molecule has 82 valence electrons. The van der Waals surface area contributed by atoms with Crippen molar-refractivity contribution in [3.8, 4) is 0 Å². The van der Waals surface area contributed by atoms with Gasteiger partial charge in [0.05, 0.1) is 0 Å². The lowest BCUT2D eigenvalue weighted by Crippen LogP contribution is -2.42. The molecule has 0 saturated carbocycles. The summed E-state index contributed by atoms with van der Waals surface area (Å²) in [6.07, 6.45) is 2.73. The number of rotatable bonds is 3. The molecule has 3 heteroatoms. The second kappa shape index (κ2) is 4.60. The molecule has 2 aliphatic rings. The first-order chi connectivity index (χ1) is 6.81. The van der Waals surface area contributed by atoms with Crippen LogP contribution in [-0.4, -0.2) is 51.2 Å². The van der Waals surface area contributed by atoms with Crippen LogP contribution in [0.3, 0.4) is 0 Å². The van der Waals surface area contributed by atoms with Gasteiger partial charge >= 0.3 is 0 Å². The summed E-state index contributed by atoms with van der Waals surface area (Å²) in [4.78, 5) is 2.46. The first-order valence-corrected chi connectivity index (χ1v) is 5.88. The van der Waals surface area contributed by atoms with Crippen molar-refractivity contribution in [3.63, 3.8) is 0 Å². The van der Waals surface area contributed by atoms with Gasteiger partial charge in [-0.25, -0.2) is 0 Å². The Bertz CT molecular complexity index is 177. The van der Waals surface area contributed by atoms with Crippen LogP contribution >= 0.6 is 0 Å². The zero-order chi connectivity index (χ0) is 9.97. The normalized spacial score (nSPS) is 36.4. The zero-order valence-electron chi connectivity index (χ0n) is 9.42. The van der Waals surface area contributed by atoms with Crippen LogP contribution < -0.4 is 10.6 Å². The lowest BCUT2D eigenvalue weighted by molar-refractivity contribution is 0.278. The van der Waals surface area contributed by atoms with Gasteiger partial charge in [0.2, 0.25) is 0 Å². The third-order valence-corrected chi connectivity index (χ3v) is 3.88. The van der Waals surface area contributed by atoms with Crippen molar-refractivity contribution in [1.82, 2.24) is 15.5 Å². The van der Waals surface area contributed by atoms with Crippen LogP contribution in [0, 0.1) is 11.8 Å². The van der Waals surface area contributed by atoms with Crippen LogP contribution in [0.1, 0.15) is 12.8 Å². The summed E-state index contributed by atoms with van der Waals surface area (Å²) in [5, 5.41) is 7.01. The van der Waals surface area contributed by atoms with Gasteiger partial charge in [0, 0.05) is 12.6 Å². The van der Waals surface area contributed by atoms with Gasteiger partial charge in [-0.15, -0.1) is 0 Å². The van der Waals surface area contributed by atoms with Crippen molar-refractivity contribution in [2.75, 3.05) is 40.3 Å². The maximum absolute atomic E-state index is 3.54. The Balaban J connectivity index is 1.91. The molecule has 2 saturated heterocycles. The first-order valence-electron chi connectivity index (χ1n) is 5.88. The summed E-state index contributed by atoms with van der Waals surface area (Å²) in [5.74, 6) is 1.73. The molecule has 14 heavy (non-hydrogen) atoms. The summed E-state index contributed by atoms with van der Waals surface area (Å²) in [5.41, 5.74) is 0. The minimum Gasteiger partial charge on any atom is -0.316 e. The van der Waals surface area contributed by atoms with E-state index in [1.807, 2.05) is 0 Å². The Morgan fingerprint density at radius 3 is 2.71 bits per heavy atom. The minimum atomic E-state index is 0.731. The summed E-state index contributed by atoms with van der Waals surface area (Å²) in [6, 6.07) is 0.731. The molecule has 0 bridgehead atoms. The van der Waals surface area contributed by atoms with E-state index >= 15 is 0 Å². The lowest BCUT2D eigenvalue weighted by atomic mass is 9.87. The van der Waals surface area contributed by atoms with Gasteiger partial charge in [0.25, 0.3) is 0 Å². The van der Waals surface area contributed by atoms with Crippen molar-refractivity contribution in [2.45, 2.75) is 18.9 Å². The Morgan fingerprint density at radius 1 is 1.36 bits per heavy atom. The van der Waals surface area contributed by atoms with Gasteiger partial charge in [0.1, 0.15) is 0 Å². The van der Waals surface area contributed by atoms with E-state index in [0.717, 1.165) is 17.9 Å². The van der Waals surface area contributed by atoms with Crippen molar-refractivity contribution in [2.24, 2.45) is 11.8 Å². The highest BCUT2D eigenvalue weighted by atomic mass is 15.1.